The SMILES string of the molecule is COC(=O)C1=C(C)N(c2ccc(OC)cc2)C(=O)N[C@@H]1c1cccc(F)c1. The molecule has 2 amide bonds. The van der Waals surface area contributed by atoms with Crippen LogP contribution in [-0.4, -0.2) is 26.2 Å². The van der Waals surface area contributed by atoms with Crippen LogP contribution in [0, 0.1) is 5.82 Å². The van der Waals surface area contributed by atoms with E-state index in [2.05, 4.69) is 5.32 Å². The highest BCUT2D eigenvalue weighted by Crippen LogP contribution is 2.34. The maximum absolute atomic E-state index is 13.7. The first kappa shape index (κ1) is 18.4. The standard InChI is InChI=1S/C20H19FN2O4/c1-12-17(19(24)27-3)18(13-5-4-6-14(21)11-13)22-20(25)23(12)15-7-9-16(26-2)10-8-15/h4-11,18H,1-3H3,(H,22,25)/t18-/m1/s1. The summed E-state index contributed by atoms with van der Waals surface area (Å²) < 4.78 is 23.7. The number of carbonyl (C=O) groups excluding carboxylic acids is 2. The summed E-state index contributed by atoms with van der Waals surface area (Å²) in [6.07, 6.45) is 0. The number of anilines is 1. The number of carbonyl (C=O) groups is 2. The molecule has 1 aliphatic rings. The van der Waals surface area contributed by atoms with E-state index in [0.29, 0.717) is 22.7 Å². The summed E-state index contributed by atoms with van der Waals surface area (Å²) in [6, 6.07) is 11.4. The third kappa shape index (κ3) is 3.48. The van der Waals surface area contributed by atoms with Crippen LogP contribution < -0.4 is 15.0 Å². The summed E-state index contributed by atoms with van der Waals surface area (Å²) in [4.78, 5) is 26.6. The number of benzene rings is 2. The molecule has 27 heavy (non-hydrogen) atoms. The summed E-state index contributed by atoms with van der Waals surface area (Å²) >= 11 is 0. The molecule has 0 fully saturated rings. The predicted molar refractivity (Wildman–Crippen MR) is 97.9 cm³/mol. The Bertz CT molecular complexity index is 908. The lowest BCUT2D eigenvalue weighted by Crippen LogP contribution is -2.48. The van der Waals surface area contributed by atoms with Gasteiger partial charge >= 0.3 is 12.0 Å². The number of halogens is 1. The Balaban J connectivity index is 2.11. The number of methoxy groups -OCH3 is 2. The molecule has 0 bridgehead atoms. The molecule has 1 aliphatic heterocycles. The number of allylic oxidation sites excluding steroid dienone is 1. The van der Waals surface area contributed by atoms with Gasteiger partial charge in [-0.2, -0.15) is 0 Å². The van der Waals surface area contributed by atoms with Crippen LogP contribution in [0.2, 0.25) is 0 Å². The molecule has 0 saturated heterocycles. The summed E-state index contributed by atoms with van der Waals surface area (Å²) in [5.41, 5.74) is 1.66. The number of rotatable bonds is 4. The molecule has 0 unspecified atom stereocenters. The second kappa shape index (κ2) is 7.49. The van der Waals surface area contributed by atoms with Crippen LogP contribution >= 0.6 is 0 Å². The van der Waals surface area contributed by atoms with Gasteiger partial charge < -0.3 is 14.8 Å². The van der Waals surface area contributed by atoms with E-state index in [1.165, 1.54) is 30.2 Å². The second-order valence-corrected chi connectivity index (χ2v) is 5.96. The number of hydrogen-bond acceptors (Lipinski definition) is 4. The van der Waals surface area contributed by atoms with Crippen LogP contribution in [0.3, 0.4) is 0 Å². The highest BCUT2D eigenvalue weighted by molar-refractivity contribution is 6.03. The Hall–Kier alpha value is -3.35. The minimum atomic E-state index is -0.810. The first-order valence-corrected chi connectivity index (χ1v) is 8.25. The van der Waals surface area contributed by atoms with Gasteiger partial charge in [0, 0.05) is 5.70 Å². The predicted octanol–water partition coefficient (Wildman–Crippen LogP) is 3.55. The molecule has 1 heterocycles. The van der Waals surface area contributed by atoms with E-state index < -0.39 is 23.9 Å². The molecule has 6 nitrogen and oxygen atoms in total. The van der Waals surface area contributed by atoms with Crippen molar-refractivity contribution in [3.63, 3.8) is 0 Å². The smallest absolute Gasteiger partial charge is 0.337 e. The second-order valence-electron chi connectivity index (χ2n) is 5.96. The van der Waals surface area contributed by atoms with Crippen molar-refractivity contribution < 1.29 is 23.5 Å². The van der Waals surface area contributed by atoms with Gasteiger partial charge in [0.15, 0.2) is 0 Å². The molecule has 0 radical (unpaired) electrons. The van der Waals surface area contributed by atoms with Crippen LogP contribution in [-0.2, 0) is 9.53 Å². The number of esters is 1. The van der Waals surface area contributed by atoms with Crippen molar-refractivity contribution in [3.05, 3.63) is 71.2 Å². The van der Waals surface area contributed by atoms with Crippen molar-refractivity contribution >= 4 is 17.7 Å². The van der Waals surface area contributed by atoms with Crippen molar-refractivity contribution in [1.82, 2.24) is 5.32 Å². The zero-order chi connectivity index (χ0) is 19.6. The van der Waals surface area contributed by atoms with Crippen LogP contribution in [0.15, 0.2) is 59.8 Å². The van der Waals surface area contributed by atoms with E-state index in [1.807, 2.05) is 0 Å². The zero-order valence-corrected chi connectivity index (χ0v) is 15.2. The topological polar surface area (TPSA) is 67.9 Å². The molecule has 2 aromatic carbocycles. The van der Waals surface area contributed by atoms with Gasteiger partial charge in [-0.1, -0.05) is 12.1 Å². The van der Waals surface area contributed by atoms with E-state index in [9.17, 15) is 14.0 Å². The van der Waals surface area contributed by atoms with E-state index in [-0.39, 0.29) is 5.57 Å². The summed E-state index contributed by atoms with van der Waals surface area (Å²) in [7, 11) is 2.81. The molecule has 0 saturated carbocycles. The summed E-state index contributed by atoms with van der Waals surface area (Å²) in [5, 5.41) is 2.76. The minimum absolute atomic E-state index is 0.235. The van der Waals surface area contributed by atoms with Gasteiger partial charge in [0.1, 0.15) is 11.6 Å². The lowest BCUT2D eigenvalue weighted by atomic mass is 9.94. The van der Waals surface area contributed by atoms with Gasteiger partial charge in [0.2, 0.25) is 0 Å². The zero-order valence-electron chi connectivity index (χ0n) is 15.2. The lowest BCUT2D eigenvalue weighted by molar-refractivity contribution is -0.136. The summed E-state index contributed by atoms with van der Waals surface area (Å²) in [6.45, 7) is 1.65. The Morgan fingerprint density at radius 2 is 1.85 bits per heavy atom. The molecule has 3 rings (SSSR count). The van der Waals surface area contributed by atoms with E-state index in [1.54, 1.807) is 44.4 Å². The fourth-order valence-corrected chi connectivity index (χ4v) is 3.10. The molecule has 7 heteroatoms. The Morgan fingerprint density at radius 3 is 2.44 bits per heavy atom. The molecule has 1 N–H and O–H groups in total. The van der Waals surface area contributed by atoms with Crippen molar-refractivity contribution in [3.8, 4) is 5.75 Å². The molecule has 0 aromatic heterocycles. The molecular formula is C20H19FN2O4. The number of nitrogens with one attached hydrogen (secondary N) is 1. The molecule has 1 atom stereocenters. The van der Waals surface area contributed by atoms with Gasteiger partial charge in [-0.05, 0) is 48.9 Å². The molecule has 140 valence electrons. The molecule has 0 aliphatic carbocycles. The van der Waals surface area contributed by atoms with Crippen LogP contribution in [0.25, 0.3) is 0 Å². The van der Waals surface area contributed by atoms with Crippen molar-refractivity contribution in [2.75, 3.05) is 19.1 Å². The largest absolute Gasteiger partial charge is 0.497 e. The highest BCUT2D eigenvalue weighted by atomic mass is 19.1. The Morgan fingerprint density at radius 1 is 1.15 bits per heavy atom. The average Bonchev–Trinajstić information content (AvgIpc) is 2.67. The number of nitrogens with zero attached hydrogens (tertiary/aromatic N) is 1. The van der Waals surface area contributed by atoms with E-state index in [0.717, 1.165) is 0 Å². The van der Waals surface area contributed by atoms with Crippen molar-refractivity contribution in [2.24, 2.45) is 0 Å². The minimum Gasteiger partial charge on any atom is -0.497 e. The van der Waals surface area contributed by atoms with Crippen molar-refractivity contribution in [1.29, 1.82) is 0 Å². The first-order valence-electron chi connectivity index (χ1n) is 8.25. The van der Waals surface area contributed by atoms with Crippen LogP contribution in [0.1, 0.15) is 18.5 Å². The van der Waals surface area contributed by atoms with Crippen LogP contribution in [0.5, 0.6) is 5.75 Å². The third-order valence-corrected chi connectivity index (χ3v) is 4.40. The van der Waals surface area contributed by atoms with E-state index in [4.69, 9.17) is 9.47 Å². The molecule has 0 spiro atoms. The van der Waals surface area contributed by atoms with Gasteiger partial charge in [-0.3, -0.25) is 4.90 Å². The maximum Gasteiger partial charge on any atom is 0.337 e. The lowest BCUT2D eigenvalue weighted by Gasteiger charge is -2.35. The summed E-state index contributed by atoms with van der Waals surface area (Å²) in [5.74, 6) is -0.412. The number of ether oxygens (including phenoxy) is 2. The molecule has 2 aromatic rings. The fraction of sp³-hybridized carbons (Fsp3) is 0.200. The Kier molecular flexibility index (Phi) is 5.12. The molecular weight excluding hydrogens is 351 g/mol. The van der Waals surface area contributed by atoms with Gasteiger partial charge in [0.25, 0.3) is 0 Å². The van der Waals surface area contributed by atoms with Gasteiger partial charge in [-0.25, -0.2) is 14.0 Å². The Labute approximate surface area is 156 Å². The maximum atomic E-state index is 13.7. The highest BCUT2D eigenvalue weighted by Gasteiger charge is 2.37. The number of urea groups is 1. The van der Waals surface area contributed by atoms with Crippen molar-refractivity contribution in [2.45, 2.75) is 13.0 Å². The number of hydrogen-bond donors (Lipinski definition) is 1. The average molecular weight is 370 g/mol. The quantitative estimate of drug-likeness (QED) is 0.836. The third-order valence-electron chi connectivity index (χ3n) is 4.40. The van der Waals surface area contributed by atoms with E-state index >= 15 is 0 Å². The van der Waals surface area contributed by atoms with Crippen LogP contribution in [0.4, 0.5) is 14.9 Å². The first-order chi connectivity index (χ1) is 13.0. The monoisotopic (exact) mass is 370 g/mol. The number of amides is 2. The van der Waals surface area contributed by atoms with Gasteiger partial charge in [-0.15, -0.1) is 0 Å². The fourth-order valence-electron chi connectivity index (χ4n) is 3.10. The normalized spacial score (nSPS) is 16.8. The van der Waals surface area contributed by atoms with Gasteiger partial charge in [0.05, 0.1) is 31.5 Å².